The summed E-state index contributed by atoms with van der Waals surface area (Å²) >= 11 is -0.546. The Morgan fingerprint density at radius 2 is 1.86 bits per heavy atom. The van der Waals surface area contributed by atoms with Crippen LogP contribution in [-0.2, 0) is 20.8 Å². The molecule has 1 aromatic rings. The summed E-state index contributed by atoms with van der Waals surface area (Å²) in [7, 11) is 0. The third-order valence-electron chi connectivity index (χ3n) is 0.803. The van der Waals surface area contributed by atoms with Crippen molar-refractivity contribution in [3.63, 3.8) is 0 Å². The van der Waals surface area contributed by atoms with Crippen LogP contribution < -0.4 is 0 Å². The lowest BCUT2D eigenvalue weighted by molar-refractivity contribution is -0.134. The molecule has 0 aromatic carbocycles. The second-order valence-corrected chi connectivity index (χ2v) is 2.26. The number of carboxylic acids is 2. The monoisotopic (exact) mass is 219 g/mol. The van der Waals surface area contributed by atoms with Crippen molar-refractivity contribution in [2.75, 3.05) is 0 Å². The number of nitrogens with zero attached hydrogens (tertiary/aromatic N) is 2. The maximum absolute atomic E-state index is 9.73. The van der Waals surface area contributed by atoms with Crippen molar-refractivity contribution >= 4 is 28.1 Å². The Morgan fingerprint density at radius 1 is 1.29 bits per heavy atom. The molecular weight excluding hydrogens is 214 g/mol. The summed E-state index contributed by atoms with van der Waals surface area (Å²) in [5.41, 5.74) is 0. The molecule has 8 nitrogen and oxygen atoms in total. The first-order chi connectivity index (χ1) is 6.59. The highest BCUT2D eigenvalue weighted by molar-refractivity contribution is 7.70. The maximum atomic E-state index is 9.73. The van der Waals surface area contributed by atoms with Gasteiger partial charge >= 0.3 is 11.9 Å². The summed E-state index contributed by atoms with van der Waals surface area (Å²) in [5, 5.41) is 25.1. The molecule has 0 aliphatic heterocycles. The van der Waals surface area contributed by atoms with Crippen molar-refractivity contribution in [3.8, 4) is 0 Å². The number of hydrogen-bond donors (Lipinski definition) is 3. The second-order valence-electron chi connectivity index (χ2n) is 1.68. The van der Waals surface area contributed by atoms with Crippen molar-refractivity contribution in [3.05, 3.63) is 12.4 Å². The average molecular weight is 219 g/mol. The molecule has 0 radical (unpaired) electrons. The van der Waals surface area contributed by atoms with Crippen LogP contribution >= 0.6 is 0 Å². The lowest BCUT2D eigenvalue weighted by atomic mass is 10.4. The topological polar surface area (TPSA) is 133 Å². The van der Waals surface area contributed by atoms with Gasteiger partial charge in [-0.25, -0.2) is 13.8 Å². The van der Waals surface area contributed by atoms with Crippen LogP contribution in [0.2, 0.25) is 0 Å². The van der Waals surface area contributed by atoms with E-state index in [0.717, 1.165) is 0 Å². The van der Waals surface area contributed by atoms with Gasteiger partial charge in [0.05, 0.1) is 6.20 Å². The SMILES string of the molecule is O=S=C(C(=O)O)C(=O)O.c1c[nH]nn1. The minimum absolute atomic E-state index is 0.546. The third-order valence-corrected chi connectivity index (χ3v) is 1.32. The van der Waals surface area contributed by atoms with Crippen LogP contribution in [0.5, 0.6) is 0 Å². The first-order valence-corrected chi connectivity index (χ1v) is 3.77. The molecule has 1 heterocycles. The molecule has 0 amide bonds. The average Bonchev–Trinajstić information content (AvgIpc) is 2.59. The predicted octanol–water partition coefficient (Wildman–Crippen LogP) is -1.65. The van der Waals surface area contributed by atoms with Gasteiger partial charge in [-0.3, -0.25) is 5.10 Å². The van der Waals surface area contributed by atoms with Crippen molar-refractivity contribution in [1.82, 2.24) is 15.4 Å². The Labute approximate surface area is 80.6 Å². The van der Waals surface area contributed by atoms with Gasteiger partial charge < -0.3 is 10.2 Å². The van der Waals surface area contributed by atoms with Crippen molar-refractivity contribution in [2.45, 2.75) is 0 Å². The van der Waals surface area contributed by atoms with Crippen LogP contribution in [0.1, 0.15) is 0 Å². The Hall–Kier alpha value is -2.03. The summed E-state index contributed by atoms with van der Waals surface area (Å²) in [6.45, 7) is 0. The van der Waals surface area contributed by atoms with Gasteiger partial charge in [0, 0.05) is 6.20 Å². The second kappa shape index (κ2) is 6.48. The van der Waals surface area contributed by atoms with E-state index in [0.29, 0.717) is 0 Å². The van der Waals surface area contributed by atoms with Crippen LogP contribution in [0, 0.1) is 0 Å². The number of aliphatic carboxylic acids is 2. The Kier molecular flexibility index (Phi) is 5.54. The molecule has 0 aliphatic rings. The number of rotatable bonds is 2. The number of H-pyrrole nitrogens is 1. The number of aromatic nitrogens is 3. The minimum atomic E-state index is -1.71. The highest BCUT2D eigenvalue weighted by atomic mass is 32.1. The molecule has 0 unspecified atom stereocenters. The van der Waals surface area contributed by atoms with Gasteiger partial charge in [-0.2, -0.15) is 0 Å². The highest BCUT2D eigenvalue weighted by Gasteiger charge is 2.16. The quantitative estimate of drug-likeness (QED) is 0.400. The third kappa shape index (κ3) is 4.77. The maximum Gasteiger partial charge on any atom is 0.356 e. The molecule has 0 saturated carbocycles. The van der Waals surface area contributed by atoms with E-state index >= 15 is 0 Å². The number of nitrogens with one attached hydrogen (secondary N) is 1. The van der Waals surface area contributed by atoms with E-state index in [2.05, 4.69) is 15.4 Å². The van der Waals surface area contributed by atoms with Gasteiger partial charge in [0.25, 0.3) is 0 Å². The predicted molar refractivity (Wildman–Crippen MR) is 44.8 cm³/mol. The van der Waals surface area contributed by atoms with E-state index in [1.807, 2.05) is 0 Å². The zero-order chi connectivity index (χ0) is 11.0. The van der Waals surface area contributed by atoms with Gasteiger partial charge in [-0.1, -0.05) is 5.21 Å². The summed E-state index contributed by atoms with van der Waals surface area (Å²) in [4.78, 5) is 18.4. The molecule has 3 N–H and O–H groups in total. The lowest BCUT2D eigenvalue weighted by Gasteiger charge is -1.83. The standard InChI is InChI=1S/C3H2O5S.C2H3N3/c4-2(5)1(9-8)3(6)7;1-2-4-5-3-1/h(H,4,5)(H,6,7);1-2H,(H,3,4,5). The van der Waals surface area contributed by atoms with Crippen LogP contribution in [0.4, 0.5) is 0 Å². The van der Waals surface area contributed by atoms with Crippen molar-refractivity contribution < 1.29 is 24.0 Å². The molecule has 1 aromatic heterocycles. The fourth-order valence-electron chi connectivity index (χ4n) is 0.329. The molecule has 14 heavy (non-hydrogen) atoms. The normalized spacial score (nSPS) is 8.00. The lowest BCUT2D eigenvalue weighted by Crippen LogP contribution is -2.22. The smallest absolute Gasteiger partial charge is 0.356 e. The Morgan fingerprint density at radius 3 is 1.93 bits per heavy atom. The minimum Gasteiger partial charge on any atom is -0.477 e. The highest BCUT2D eigenvalue weighted by Crippen LogP contribution is 1.71. The summed E-state index contributed by atoms with van der Waals surface area (Å²) in [6.07, 6.45) is 3.24. The first kappa shape index (κ1) is 12.0. The molecule has 0 atom stereocenters. The van der Waals surface area contributed by atoms with Crippen molar-refractivity contribution in [1.29, 1.82) is 0 Å². The van der Waals surface area contributed by atoms with E-state index in [9.17, 15) is 13.8 Å². The van der Waals surface area contributed by atoms with E-state index in [1.54, 1.807) is 12.4 Å². The number of carbonyl (C=O) groups is 2. The van der Waals surface area contributed by atoms with Gasteiger partial charge in [-0.15, -0.1) is 5.10 Å². The molecule has 1 rings (SSSR count). The fraction of sp³-hybridized carbons (Fsp3) is 0. The molecule has 76 valence electrons. The number of hydrogen-bond acceptors (Lipinski definition) is 5. The van der Waals surface area contributed by atoms with Crippen LogP contribution in [-0.4, -0.2) is 46.6 Å². The van der Waals surface area contributed by atoms with Gasteiger partial charge in [0.2, 0.25) is 4.86 Å². The molecule has 9 heteroatoms. The molecule has 0 aliphatic carbocycles. The van der Waals surface area contributed by atoms with Crippen LogP contribution in [0.15, 0.2) is 12.4 Å². The fourth-order valence-corrected chi connectivity index (χ4v) is 0.472. The number of carboxylic acid groups (broad SMARTS) is 2. The molecular formula is C5H5N3O5S. The zero-order valence-corrected chi connectivity index (χ0v) is 7.39. The van der Waals surface area contributed by atoms with Gasteiger partial charge in [-0.05, 0) is 0 Å². The molecule has 0 saturated heterocycles. The van der Waals surface area contributed by atoms with Gasteiger partial charge in [0.15, 0.2) is 0 Å². The zero-order valence-electron chi connectivity index (χ0n) is 6.58. The largest absolute Gasteiger partial charge is 0.477 e. The van der Waals surface area contributed by atoms with Gasteiger partial charge in [0.1, 0.15) is 11.3 Å². The number of aromatic amines is 1. The summed E-state index contributed by atoms with van der Waals surface area (Å²) < 4.78 is 9.63. The van der Waals surface area contributed by atoms with Crippen molar-refractivity contribution in [2.24, 2.45) is 0 Å². The van der Waals surface area contributed by atoms with Crippen LogP contribution in [0.3, 0.4) is 0 Å². The first-order valence-electron chi connectivity index (χ1n) is 3.03. The Bertz CT molecular complexity index is 322. The molecule has 0 spiro atoms. The molecule has 0 fully saturated rings. The summed E-state index contributed by atoms with van der Waals surface area (Å²) in [6, 6.07) is 0. The summed E-state index contributed by atoms with van der Waals surface area (Å²) in [5.74, 6) is -3.41. The van der Waals surface area contributed by atoms with Crippen LogP contribution in [0.25, 0.3) is 0 Å². The van der Waals surface area contributed by atoms with E-state index in [4.69, 9.17) is 10.2 Å². The van der Waals surface area contributed by atoms with E-state index in [1.165, 1.54) is 0 Å². The Balaban J connectivity index is 0.000000280. The van der Waals surface area contributed by atoms with E-state index < -0.39 is 28.1 Å². The van der Waals surface area contributed by atoms with E-state index in [-0.39, 0.29) is 0 Å². The molecule has 0 bridgehead atoms.